The third-order valence-electron chi connectivity index (χ3n) is 3.59. The maximum atomic E-state index is 13.8. The Kier molecular flexibility index (Phi) is 3.89. The molecule has 0 amide bonds. The van der Waals surface area contributed by atoms with E-state index in [0.29, 0.717) is 5.56 Å². The molecule has 0 saturated heterocycles. The molecule has 0 N–H and O–H groups in total. The van der Waals surface area contributed by atoms with Crippen LogP contribution in [0.1, 0.15) is 16.5 Å². The minimum Gasteiger partial charge on any atom is -0.204 e. The van der Waals surface area contributed by atoms with Gasteiger partial charge in [0.25, 0.3) is 0 Å². The molecule has 0 aliphatic carbocycles. The van der Waals surface area contributed by atoms with Crippen molar-refractivity contribution in [2.45, 2.75) is 11.8 Å². The monoisotopic (exact) mass is 302 g/mol. The molecular weight excluding hydrogens is 290 g/mol. The van der Waals surface area contributed by atoms with E-state index in [1.807, 2.05) is 42.5 Å². The summed E-state index contributed by atoms with van der Waals surface area (Å²) in [6.07, 6.45) is 0.249. The van der Waals surface area contributed by atoms with E-state index in [2.05, 4.69) is 0 Å². The molecule has 0 radical (unpaired) electrons. The number of hydrogen-bond acceptors (Lipinski definition) is 0. The first-order chi connectivity index (χ1) is 10.2. The maximum Gasteiger partial charge on any atom is 0.162 e. The van der Waals surface area contributed by atoms with Gasteiger partial charge in [-0.3, -0.25) is 0 Å². The molecule has 0 aromatic heterocycles. The van der Waals surface area contributed by atoms with Crippen molar-refractivity contribution in [3.63, 3.8) is 0 Å². The topological polar surface area (TPSA) is 0 Å². The standard InChI is InChI=1S/C18H13ClF2/c19-16(11-13-7-4-10-17(20)18(13)21)15-9-3-6-12-5-1-2-8-14(12)15/h1-10,16H,11H2. The Morgan fingerprint density at radius 1 is 0.857 bits per heavy atom. The fraction of sp³-hybridized carbons (Fsp3) is 0.111. The van der Waals surface area contributed by atoms with Gasteiger partial charge < -0.3 is 0 Å². The summed E-state index contributed by atoms with van der Waals surface area (Å²) in [5.74, 6) is -1.65. The van der Waals surface area contributed by atoms with Crippen LogP contribution in [-0.4, -0.2) is 0 Å². The quantitative estimate of drug-likeness (QED) is 0.549. The second-order valence-electron chi connectivity index (χ2n) is 4.95. The SMILES string of the molecule is Fc1cccc(CC(Cl)c2cccc3ccccc23)c1F. The lowest BCUT2D eigenvalue weighted by Gasteiger charge is -2.13. The highest BCUT2D eigenvalue weighted by molar-refractivity contribution is 6.22. The molecule has 0 fully saturated rings. The van der Waals surface area contributed by atoms with Gasteiger partial charge in [-0.05, 0) is 34.4 Å². The molecule has 0 aliphatic heterocycles. The molecule has 1 atom stereocenters. The number of rotatable bonds is 3. The largest absolute Gasteiger partial charge is 0.204 e. The summed E-state index contributed by atoms with van der Waals surface area (Å²) >= 11 is 6.45. The van der Waals surface area contributed by atoms with Gasteiger partial charge in [-0.1, -0.05) is 54.6 Å². The van der Waals surface area contributed by atoms with Gasteiger partial charge in [0, 0.05) is 0 Å². The van der Waals surface area contributed by atoms with E-state index in [4.69, 9.17) is 11.6 Å². The number of alkyl halides is 1. The second kappa shape index (κ2) is 5.82. The molecule has 21 heavy (non-hydrogen) atoms. The highest BCUT2D eigenvalue weighted by Crippen LogP contribution is 2.31. The van der Waals surface area contributed by atoms with Gasteiger partial charge in [-0.25, -0.2) is 8.78 Å². The van der Waals surface area contributed by atoms with Crippen molar-refractivity contribution in [2.75, 3.05) is 0 Å². The van der Waals surface area contributed by atoms with Crippen LogP contribution in [0.15, 0.2) is 60.7 Å². The molecule has 0 saturated carbocycles. The van der Waals surface area contributed by atoms with Gasteiger partial charge in [0.2, 0.25) is 0 Å². The van der Waals surface area contributed by atoms with E-state index in [1.54, 1.807) is 6.07 Å². The third-order valence-corrected chi connectivity index (χ3v) is 3.98. The average Bonchev–Trinajstić information content (AvgIpc) is 2.51. The normalized spacial score (nSPS) is 12.5. The van der Waals surface area contributed by atoms with Gasteiger partial charge >= 0.3 is 0 Å². The fourth-order valence-corrected chi connectivity index (χ4v) is 2.89. The first-order valence-electron chi connectivity index (χ1n) is 6.71. The van der Waals surface area contributed by atoms with Crippen molar-refractivity contribution < 1.29 is 8.78 Å². The summed E-state index contributed by atoms with van der Waals surface area (Å²) in [4.78, 5) is 0. The summed E-state index contributed by atoms with van der Waals surface area (Å²) in [6.45, 7) is 0. The second-order valence-corrected chi connectivity index (χ2v) is 5.48. The number of halogens is 3. The lowest BCUT2D eigenvalue weighted by molar-refractivity contribution is 0.498. The predicted octanol–water partition coefficient (Wildman–Crippen LogP) is 5.64. The number of fused-ring (bicyclic) bond motifs is 1. The highest BCUT2D eigenvalue weighted by Gasteiger charge is 2.16. The van der Waals surface area contributed by atoms with E-state index < -0.39 is 17.0 Å². The fourth-order valence-electron chi connectivity index (χ4n) is 2.53. The minimum atomic E-state index is -0.839. The molecule has 0 spiro atoms. The lowest BCUT2D eigenvalue weighted by Crippen LogP contribution is -2.01. The number of benzene rings is 3. The summed E-state index contributed by atoms with van der Waals surface area (Å²) in [7, 11) is 0. The summed E-state index contributed by atoms with van der Waals surface area (Å²) in [5, 5.41) is 1.71. The van der Waals surface area contributed by atoms with Gasteiger partial charge in [0.15, 0.2) is 11.6 Å². The Balaban J connectivity index is 1.97. The van der Waals surface area contributed by atoms with Crippen LogP contribution in [0.5, 0.6) is 0 Å². The van der Waals surface area contributed by atoms with Gasteiger partial charge in [-0.15, -0.1) is 11.6 Å². The van der Waals surface area contributed by atoms with Crippen LogP contribution in [0.4, 0.5) is 8.78 Å². The minimum absolute atomic E-state index is 0.249. The molecule has 0 bridgehead atoms. The zero-order valence-corrected chi connectivity index (χ0v) is 11.9. The van der Waals surface area contributed by atoms with E-state index in [1.165, 1.54) is 6.07 Å². The maximum absolute atomic E-state index is 13.8. The van der Waals surface area contributed by atoms with Gasteiger partial charge in [-0.2, -0.15) is 0 Å². The molecule has 3 aromatic carbocycles. The highest BCUT2D eigenvalue weighted by atomic mass is 35.5. The van der Waals surface area contributed by atoms with Crippen LogP contribution >= 0.6 is 11.6 Å². The molecule has 106 valence electrons. The zero-order chi connectivity index (χ0) is 14.8. The van der Waals surface area contributed by atoms with E-state index in [-0.39, 0.29) is 6.42 Å². The predicted molar refractivity (Wildman–Crippen MR) is 82.6 cm³/mol. The Morgan fingerprint density at radius 2 is 1.57 bits per heavy atom. The van der Waals surface area contributed by atoms with Crippen LogP contribution < -0.4 is 0 Å². The van der Waals surface area contributed by atoms with Crippen molar-refractivity contribution in [2.24, 2.45) is 0 Å². The van der Waals surface area contributed by atoms with Crippen molar-refractivity contribution in [1.82, 2.24) is 0 Å². The molecule has 0 nitrogen and oxygen atoms in total. The molecular formula is C18H13ClF2. The first-order valence-corrected chi connectivity index (χ1v) is 7.15. The van der Waals surface area contributed by atoms with Gasteiger partial charge in [0.05, 0.1) is 5.38 Å². The summed E-state index contributed by atoms with van der Waals surface area (Å²) in [6, 6.07) is 17.9. The molecule has 3 aromatic rings. The zero-order valence-electron chi connectivity index (χ0n) is 11.2. The smallest absolute Gasteiger partial charge is 0.162 e. The molecule has 0 heterocycles. The average molecular weight is 303 g/mol. The molecule has 3 heteroatoms. The summed E-state index contributed by atoms with van der Waals surface area (Å²) in [5.41, 5.74) is 1.22. The Morgan fingerprint density at radius 3 is 2.43 bits per heavy atom. The van der Waals surface area contributed by atoms with Crippen molar-refractivity contribution >= 4 is 22.4 Å². The van der Waals surface area contributed by atoms with E-state index >= 15 is 0 Å². The lowest BCUT2D eigenvalue weighted by atomic mass is 9.98. The Hall–Kier alpha value is -1.93. The van der Waals surface area contributed by atoms with E-state index in [0.717, 1.165) is 22.4 Å². The molecule has 1 unspecified atom stereocenters. The first kappa shape index (κ1) is 14.0. The van der Waals surface area contributed by atoms with Crippen LogP contribution in [0.2, 0.25) is 0 Å². The van der Waals surface area contributed by atoms with Crippen LogP contribution in [-0.2, 0) is 6.42 Å². The van der Waals surface area contributed by atoms with E-state index in [9.17, 15) is 8.78 Å². The van der Waals surface area contributed by atoms with Crippen LogP contribution in [0.3, 0.4) is 0 Å². The molecule has 0 aliphatic rings. The van der Waals surface area contributed by atoms with Crippen molar-refractivity contribution in [1.29, 1.82) is 0 Å². The summed E-state index contributed by atoms with van der Waals surface area (Å²) < 4.78 is 27.0. The van der Waals surface area contributed by atoms with Crippen molar-refractivity contribution in [3.05, 3.63) is 83.4 Å². The molecule has 3 rings (SSSR count). The van der Waals surface area contributed by atoms with Gasteiger partial charge in [0.1, 0.15) is 0 Å². The van der Waals surface area contributed by atoms with Crippen LogP contribution in [0, 0.1) is 11.6 Å². The third kappa shape index (κ3) is 2.77. The van der Waals surface area contributed by atoms with Crippen molar-refractivity contribution in [3.8, 4) is 0 Å². The number of hydrogen-bond donors (Lipinski definition) is 0. The Labute approximate surface area is 127 Å². The van der Waals surface area contributed by atoms with Crippen LogP contribution in [0.25, 0.3) is 10.8 Å². The Bertz CT molecular complexity index is 778.